The maximum Gasteiger partial charge on any atom is 0.165 e. The highest BCUT2D eigenvalue weighted by molar-refractivity contribution is 5.31. The predicted octanol–water partition coefficient (Wildman–Crippen LogP) is 2.98. The van der Waals surface area contributed by atoms with E-state index in [2.05, 4.69) is 23.4 Å². The second-order valence-electron chi connectivity index (χ2n) is 5.51. The van der Waals surface area contributed by atoms with Crippen molar-refractivity contribution in [1.82, 2.24) is 15.1 Å². The third kappa shape index (κ3) is 3.39. The average molecular weight is 271 g/mol. The quantitative estimate of drug-likeness (QED) is 0.929. The van der Waals surface area contributed by atoms with Crippen LogP contribution in [0.4, 0.5) is 0 Å². The van der Waals surface area contributed by atoms with Crippen LogP contribution < -0.4 is 10.1 Å². The Morgan fingerprint density at radius 1 is 1.30 bits per heavy atom. The zero-order chi connectivity index (χ0) is 13.8. The fourth-order valence-electron chi connectivity index (χ4n) is 2.64. The van der Waals surface area contributed by atoms with Gasteiger partial charge in [-0.25, -0.2) is 0 Å². The van der Waals surface area contributed by atoms with Gasteiger partial charge >= 0.3 is 0 Å². The van der Waals surface area contributed by atoms with Crippen molar-refractivity contribution in [2.75, 3.05) is 13.1 Å². The van der Waals surface area contributed by atoms with Crippen LogP contribution in [-0.4, -0.2) is 22.9 Å². The lowest BCUT2D eigenvalue weighted by molar-refractivity contribution is 0.321. The number of aryl methyl sites for hydroxylation is 1. The van der Waals surface area contributed by atoms with Crippen LogP contribution >= 0.6 is 0 Å². The Balaban J connectivity index is 1.61. The number of nitrogens with one attached hydrogen (secondary N) is 1. The number of hydrogen-bond acceptors (Lipinski definition) is 3. The molecule has 4 heteroatoms. The molecule has 1 aliphatic heterocycles. The van der Waals surface area contributed by atoms with Gasteiger partial charge in [-0.3, -0.25) is 4.68 Å². The summed E-state index contributed by atoms with van der Waals surface area (Å²) in [6.45, 7) is 5.30. The molecule has 0 radical (unpaired) electrons. The molecule has 2 aromatic rings. The van der Waals surface area contributed by atoms with Crippen LogP contribution in [0.2, 0.25) is 0 Å². The van der Waals surface area contributed by atoms with Gasteiger partial charge in [-0.1, -0.05) is 12.1 Å². The van der Waals surface area contributed by atoms with Gasteiger partial charge in [0.15, 0.2) is 5.75 Å². The zero-order valence-corrected chi connectivity index (χ0v) is 11.9. The Labute approximate surface area is 119 Å². The predicted molar refractivity (Wildman–Crippen MR) is 79.1 cm³/mol. The van der Waals surface area contributed by atoms with Crippen molar-refractivity contribution in [3.8, 4) is 11.5 Å². The number of nitrogens with zero attached hydrogens (tertiary/aromatic N) is 2. The Kier molecular flexibility index (Phi) is 4.02. The summed E-state index contributed by atoms with van der Waals surface area (Å²) >= 11 is 0. The molecule has 1 saturated heterocycles. The second kappa shape index (κ2) is 6.09. The largest absolute Gasteiger partial charge is 0.454 e. The first-order chi connectivity index (χ1) is 9.79. The summed E-state index contributed by atoms with van der Waals surface area (Å²) in [5, 5.41) is 7.79. The number of benzene rings is 1. The van der Waals surface area contributed by atoms with Crippen molar-refractivity contribution in [2.45, 2.75) is 26.3 Å². The summed E-state index contributed by atoms with van der Waals surface area (Å²) in [6, 6.07) is 8.07. The molecule has 0 saturated carbocycles. The third-order valence-corrected chi connectivity index (χ3v) is 3.74. The van der Waals surface area contributed by atoms with Crippen LogP contribution in [0.1, 0.15) is 18.4 Å². The van der Waals surface area contributed by atoms with Crippen LogP contribution in [0.15, 0.2) is 36.7 Å². The van der Waals surface area contributed by atoms with E-state index in [0.29, 0.717) is 0 Å². The maximum atomic E-state index is 5.83. The van der Waals surface area contributed by atoms with Crippen molar-refractivity contribution in [2.24, 2.45) is 5.92 Å². The van der Waals surface area contributed by atoms with Gasteiger partial charge < -0.3 is 10.1 Å². The molecule has 0 bridgehead atoms. The van der Waals surface area contributed by atoms with Gasteiger partial charge in [-0.2, -0.15) is 5.10 Å². The number of ether oxygens (including phenoxy) is 1. The highest BCUT2D eigenvalue weighted by atomic mass is 16.5. The summed E-state index contributed by atoms with van der Waals surface area (Å²) < 4.78 is 7.83. The molecule has 0 aliphatic carbocycles. The number of hydrogen-bond donors (Lipinski definition) is 1. The molecule has 0 amide bonds. The van der Waals surface area contributed by atoms with Gasteiger partial charge in [-0.15, -0.1) is 0 Å². The zero-order valence-electron chi connectivity index (χ0n) is 11.9. The SMILES string of the molecule is Cc1cccc(Oc2cnn(CC3CCNCC3)c2)c1. The average Bonchev–Trinajstić information content (AvgIpc) is 2.87. The molecule has 2 heterocycles. The number of aromatic nitrogens is 2. The van der Waals surface area contributed by atoms with E-state index in [1.165, 1.54) is 18.4 Å². The van der Waals surface area contributed by atoms with E-state index in [4.69, 9.17) is 4.74 Å². The minimum absolute atomic E-state index is 0.725. The van der Waals surface area contributed by atoms with Gasteiger partial charge in [0.25, 0.3) is 0 Å². The van der Waals surface area contributed by atoms with Gasteiger partial charge in [-0.05, 0) is 56.5 Å². The standard InChI is InChI=1S/C16H21N3O/c1-13-3-2-4-15(9-13)20-16-10-18-19(12-16)11-14-5-7-17-8-6-14/h2-4,9-10,12,14,17H,5-8,11H2,1H3. The summed E-state index contributed by atoms with van der Waals surface area (Å²) in [7, 11) is 0. The fraction of sp³-hybridized carbons (Fsp3) is 0.438. The molecule has 1 aromatic carbocycles. The molecule has 3 rings (SSSR count). The molecule has 1 fully saturated rings. The van der Waals surface area contributed by atoms with Crippen LogP contribution in [0.3, 0.4) is 0 Å². The van der Waals surface area contributed by atoms with Crippen molar-refractivity contribution in [3.63, 3.8) is 0 Å². The van der Waals surface area contributed by atoms with Crippen molar-refractivity contribution >= 4 is 0 Å². The Hall–Kier alpha value is -1.81. The minimum Gasteiger partial charge on any atom is -0.454 e. The molecule has 0 spiro atoms. The lowest BCUT2D eigenvalue weighted by Gasteiger charge is -2.22. The third-order valence-electron chi connectivity index (χ3n) is 3.74. The van der Waals surface area contributed by atoms with Crippen molar-refractivity contribution in [3.05, 3.63) is 42.2 Å². The lowest BCUT2D eigenvalue weighted by Crippen LogP contribution is -2.29. The Morgan fingerprint density at radius 3 is 2.95 bits per heavy atom. The smallest absolute Gasteiger partial charge is 0.165 e. The summed E-state index contributed by atoms with van der Waals surface area (Å²) in [4.78, 5) is 0. The highest BCUT2D eigenvalue weighted by Crippen LogP contribution is 2.22. The summed E-state index contributed by atoms with van der Waals surface area (Å²) in [5.74, 6) is 2.40. The molecule has 0 atom stereocenters. The molecule has 1 aromatic heterocycles. The molecular formula is C16H21N3O. The van der Waals surface area contributed by atoms with E-state index in [1.54, 1.807) is 6.20 Å². The molecule has 106 valence electrons. The highest BCUT2D eigenvalue weighted by Gasteiger charge is 2.14. The maximum absolute atomic E-state index is 5.83. The van der Waals surface area contributed by atoms with Gasteiger partial charge in [0, 0.05) is 6.54 Å². The molecular weight excluding hydrogens is 250 g/mol. The van der Waals surface area contributed by atoms with Crippen LogP contribution in [0.5, 0.6) is 11.5 Å². The fourth-order valence-corrected chi connectivity index (χ4v) is 2.64. The number of piperidine rings is 1. The first-order valence-corrected chi connectivity index (χ1v) is 7.27. The summed E-state index contributed by atoms with van der Waals surface area (Å²) in [6.07, 6.45) is 6.25. The van der Waals surface area contributed by atoms with Gasteiger partial charge in [0.2, 0.25) is 0 Å². The molecule has 4 nitrogen and oxygen atoms in total. The van der Waals surface area contributed by atoms with Crippen LogP contribution in [0, 0.1) is 12.8 Å². The van der Waals surface area contributed by atoms with Crippen LogP contribution in [-0.2, 0) is 6.54 Å². The topological polar surface area (TPSA) is 39.1 Å². The van der Waals surface area contributed by atoms with E-state index in [1.807, 2.05) is 29.1 Å². The van der Waals surface area contributed by atoms with E-state index < -0.39 is 0 Å². The normalized spacial score (nSPS) is 16.2. The summed E-state index contributed by atoms with van der Waals surface area (Å²) in [5.41, 5.74) is 1.20. The van der Waals surface area contributed by atoms with Gasteiger partial charge in [0.05, 0.1) is 12.4 Å². The molecule has 1 aliphatic rings. The van der Waals surface area contributed by atoms with Gasteiger partial charge in [0.1, 0.15) is 5.75 Å². The first kappa shape index (κ1) is 13.2. The number of rotatable bonds is 4. The molecule has 20 heavy (non-hydrogen) atoms. The monoisotopic (exact) mass is 271 g/mol. The van der Waals surface area contributed by atoms with E-state index in [9.17, 15) is 0 Å². The Bertz CT molecular complexity index is 558. The second-order valence-corrected chi connectivity index (χ2v) is 5.51. The van der Waals surface area contributed by atoms with Crippen molar-refractivity contribution < 1.29 is 4.74 Å². The van der Waals surface area contributed by atoms with E-state index >= 15 is 0 Å². The molecule has 0 unspecified atom stereocenters. The van der Waals surface area contributed by atoms with E-state index in [0.717, 1.165) is 37.1 Å². The Morgan fingerprint density at radius 2 is 2.15 bits per heavy atom. The first-order valence-electron chi connectivity index (χ1n) is 7.27. The molecule has 1 N–H and O–H groups in total. The lowest BCUT2D eigenvalue weighted by atomic mass is 9.98. The van der Waals surface area contributed by atoms with E-state index in [-0.39, 0.29) is 0 Å². The van der Waals surface area contributed by atoms with Crippen LogP contribution in [0.25, 0.3) is 0 Å². The van der Waals surface area contributed by atoms with Crippen molar-refractivity contribution in [1.29, 1.82) is 0 Å². The minimum atomic E-state index is 0.725.